The van der Waals surface area contributed by atoms with Crippen molar-refractivity contribution in [1.29, 1.82) is 0 Å². The van der Waals surface area contributed by atoms with Gasteiger partial charge in [-0.05, 0) is 19.3 Å². The molecule has 0 heterocycles. The molecule has 1 N–H and O–H groups in total. The van der Waals surface area contributed by atoms with Gasteiger partial charge in [0.05, 0.1) is 20.1 Å². The Morgan fingerprint density at radius 1 is 0.706 bits per heavy atom. The van der Waals surface area contributed by atoms with Crippen molar-refractivity contribution in [3.63, 3.8) is 0 Å². The summed E-state index contributed by atoms with van der Waals surface area (Å²) in [7, 11) is 4.59. The second-order valence-electron chi connectivity index (χ2n) is 5.80. The van der Waals surface area contributed by atoms with E-state index in [1.807, 2.05) is 0 Å². The molecule has 0 fully saturated rings. The van der Waals surface area contributed by atoms with E-state index in [2.05, 4.69) is 27.9 Å². The topological polar surface area (TPSA) is 4.44 Å². The zero-order valence-electron chi connectivity index (χ0n) is 12.9. The summed E-state index contributed by atoms with van der Waals surface area (Å²) in [6, 6.07) is 0.888. The maximum absolute atomic E-state index is 2.32. The van der Waals surface area contributed by atoms with E-state index in [0.29, 0.717) is 0 Å². The monoisotopic (exact) mass is 242 g/mol. The minimum atomic E-state index is 0.888. The predicted octanol–water partition coefficient (Wildman–Crippen LogP) is 3.83. The molecule has 0 aliphatic heterocycles. The van der Waals surface area contributed by atoms with Crippen LogP contribution in [0.15, 0.2) is 0 Å². The lowest BCUT2D eigenvalue weighted by molar-refractivity contribution is -0.886. The van der Waals surface area contributed by atoms with Crippen LogP contribution in [0.4, 0.5) is 0 Å². The van der Waals surface area contributed by atoms with Gasteiger partial charge in [0, 0.05) is 0 Å². The number of hydrogen-bond acceptors (Lipinski definition) is 0. The Hall–Kier alpha value is -0.0400. The molecule has 1 nitrogen and oxygen atoms in total. The van der Waals surface area contributed by atoms with Gasteiger partial charge in [-0.15, -0.1) is 0 Å². The zero-order chi connectivity index (χ0) is 12.9. The Morgan fingerprint density at radius 2 is 1.18 bits per heavy atom. The maximum Gasteiger partial charge on any atom is 0.0867 e. The third-order valence-electron chi connectivity index (χ3n) is 3.97. The third kappa shape index (κ3) is 10.8. The van der Waals surface area contributed by atoms with E-state index in [-0.39, 0.29) is 0 Å². The first-order valence-corrected chi connectivity index (χ1v) is 8.02. The number of quaternary nitrogens is 1. The van der Waals surface area contributed by atoms with Crippen LogP contribution in [0.3, 0.4) is 0 Å². The summed E-state index contributed by atoms with van der Waals surface area (Å²) in [5.41, 5.74) is 0. The van der Waals surface area contributed by atoms with E-state index in [1.54, 1.807) is 4.90 Å². The van der Waals surface area contributed by atoms with Gasteiger partial charge in [0.25, 0.3) is 0 Å². The summed E-state index contributed by atoms with van der Waals surface area (Å²) in [5.74, 6) is 0. The third-order valence-corrected chi connectivity index (χ3v) is 3.97. The molecule has 0 bridgehead atoms. The highest BCUT2D eigenvalue weighted by atomic mass is 15.1. The molecule has 0 spiro atoms. The van der Waals surface area contributed by atoms with Crippen molar-refractivity contribution in [2.75, 3.05) is 14.1 Å². The van der Waals surface area contributed by atoms with Crippen molar-refractivity contribution in [3.8, 4) is 0 Å². The normalized spacial score (nSPS) is 13.2. The van der Waals surface area contributed by atoms with Crippen molar-refractivity contribution < 1.29 is 4.90 Å². The van der Waals surface area contributed by atoms with Crippen LogP contribution < -0.4 is 4.90 Å². The van der Waals surface area contributed by atoms with Gasteiger partial charge in [0.2, 0.25) is 0 Å². The summed E-state index contributed by atoms with van der Waals surface area (Å²) in [5, 5.41) is 0. The van der Waals surface area contributed by atoms with Gasteiger partial charge in [0.1, 0.15) is 0 Å². The van der Waals surface area contributed by atoms with Crippen LogP contribution in [0.25, 0.3) is 0 Å². The maximum atomic E-state index is 2.32. The van der Waals surface area contributed by atoms with E-state index < -0.39 is 0 Å². The largest absolute Gasteiger partial charge is 0.337 e. The number of hydrogen-bond donors (Lipinski definition) is 1. The molecule has 0 radical (unpaired) electrons. The van der Waals surface area contributed by atoms with E-state index in [9.17, 15) is 0 Å². The fourth-order valence-corrected chi connectivity index (χ4v) is 2.60. The van der Waals surface area contributed by atoms with Crippen LogP contribution in [0.1, 0.15) is 84.5 Å². The van der Waals surface area contributed by atoms with Crippen LogP contribution in [-0.4, -0.2) is 20.1 Å². The minimum Gasteiger partial charge on any atom is -0.337 e. The summed E-state index contributed by atoms with van der Waals surface area (Å²) < 4.78 is 0. The highest BCUT2D eigenvalue weighted by molar-refractivity contribution is 4.54. The quantitative estimate of drug-likeness (QED) is 0.496. The molecular formula is C16H36N+. The standard InChI is InChI=1S/C16H35N/c1-5-7-8-9-10-11-12-13-14-15-16(6-2)17(3)4/h16H,5-15H2,1-4H3/p+1. The SMILES string of the molecule is CCCCCCCCCCCC(CC)[NH+](C)C. The minimum absolute atomic E-state index is 0.888. The van der Waals surface area contributed by atoms with E-state index in [1.165, 1.54) is 70.6 Å². The van der Waals surface area contributed by atoms with Crippen LogP contribution in [0.5, 0.6) is 0 Å². The lowest BCUT2D eigenvalue weighted by atomic mass is 10.0. The summed E-state index contributed by atoms with van der Waals surface area (Å²) in [6.45, 7) is 4.61. The van der Waals surface area contributed by atoms with Gasteiger partial charge in [-0.3, -0.25) is 0 Å². The Bertz CT molecular complexity index is 142. The molecule has 1 atom stereocenters. The molecule has 0 saturated heterocycles. The Morgan fingerprint density at radius 3 is 1.59 bits per heavy atom. The zero-order valence-corrected chi connectivity index (χ0v) is 12.9. The summed E-state index contributed by atoms with van der Waals surface area (Å²) in [4.78, 5) is 1.63. The first-order chi connectivity index (χ1) is 8.22. The molecule has 0 aliphatic rings. The van der Waals surface area contributed by atoms with Crippen molar-refractivity contribution in [3.05, 3.63) is 0 Å². The van der Waals surface area contributed by atoms with Gasteiger partial charge in [0.15, 0.2) is 0 Å². The van der Waals surface area contributed by atoms with Gasteiger partial charge in [-0.25, -0.2) is 0 Å². The van der Waals surface area contributed by atoms with Crippen molar-refractivity contribution in [1.82, 2.24) is 0 Å². The van der Waals surface area contributed by atoms with E-state index in [0.717, 1.165) is 6.04 Å². The second kappa shape index (κ2) is 12.4. The average Bonchev–Trinajstić information content (AvgIpc) is 2.31. The molecule has 1 unspecified atom stereocenters. The molecule has 0 rings (SSSR count). The molecule has 0 aromatic heterocycles. The Labute approximate surface area is 110 Å². The highest BCUT2D eigenvalue weighted by Gasteiger charge is 2.10. The smallest absolute Gasteiger partial charge is 0.0867 e. The second-order valence-corrected chi connectivity index (χ2v) is 5.80. The molecular weight excluding hydrogens is 206 g/mol. The number of rotatable bonds is 12. The lowest BCUT2D eigenvalue weighted by Crippen LogP contribution is -3.09. The van der Waals surface area contributed by atoms with Crippen molar-refractivity contribution in [2.24, 2.45) is 0 Å². The molecule has 0 aliphatic carbocycles. The molecule has 1 heteroatoms. The van der Waals surface area contributed by atoms with Gasteiger partial charge in [-0.1, -0.05) is 65.2 Å². The molecule has 0 aromatic rings. The number of nitrogens with one attached hydrogen (secondary N) is 1. The Kier molecular flexibility index (Phi) is 12.4. The summed E-state index contributed by atoms with van der Waals surface area (Å²) >= 11 is 0. The van der Waals surface area contributed by atoms with Gasteiger partial charge in [-0.2, -0.15) is 0 Å². The predicted molar refractivity (Wildman–Crippen MR) is 78.7 cm³/mol. The molecule has 0 amide bonds. The Balaban J connectivity index is 3.17. The fourth-order valence-electron chi connectivity index (χ4n) is 2.60. The molecule has 0 saturated carbocycles. The van der Waals surface area contributed by atoms with E-state index in [4.69, 9.17) is 0 Å². The first kappa shape index (κ1) is 17.0. The molecule has 0 aromatic carbocycles. The molecule has 17 heavy (non-hydrogen) atoms. The first-order valence-electron chi connectivity index (χ1n) is 8.02. The van der Waals surface area contributed by atoms with Gasteiger partial charge >= 0.3 is 0 Å². The fraction of sp³-hybridized carbons (Fsp3) is 1.00. The lowest BCUT2D eigenvalue weighted by Gasteiger charge is -2.19. The van der Waals surface area contributed by atoms with Crippen molar-refractivity contribution in [2.45, 2.75) is 90.5 Å². The van der Waals surface area contributed by atoms with Crippen molar-refractivity contribution >= 4 is 0 Å². The molecule has 104 valence electrons. The van der Waals surface area contributed by atoms with Crippen LogP contribution in [-0.2, 0) is 0 Å². The highest BCUT2D eigenvalue weighted by Crippen LogP contribution is 2.11. The van der Waals surface area contributed by atoms with Gasteiger partial charge < -0.3 is 4.90 Å². The summed E-state index contributed by atoms with van der Waals surface area (Å²) in [6.07, 6.45) is 15.8. The number of unbranched alkanes of at least 4 members (excludes halogenated alkanes) is 8. The average molecular weight is 242 g/mol. The van der Waals surface area contributed by atoms with Crippen LogP contribution in [0, 0.1) is 0 Å². The van der Waals surface area contributed by atoms with Crippen LogP contribution >= 0.6 is 0 Å². The van der Waals surface area contributed by atoms with Crippen LogP contribution in [0.2, 0.25) is 0 Å². The van der Waals surface area contributed by atoms with E-state index >= 15 is 0 Å².